The van der Waals surface area contributed by atoms with Gasteiger partial charge in [-0.05, 0) is 42.0 Å². The number of benzene rings is 3. The molecule has 33 heavy (non-hydrogen) atoms. The van der Waals surface area contributed by atoms with E-state index in [1.54, 1.807) is 30.6 Å². The standard InChI is InChI=1S/C25H22N4O3S/c30-23(31)16-22(17-6-2-1-3-7-17)33-21-11-5-10-20(15-21)28-24(32)18-8-4-9-19(14-18)29-25-26-12-13-27-25/h1-15,22H,16H2,(H,28,32)(H,30,31)(H2,26,27,29). The van der Waals surface area contributed by atoms with Crippen LogP contribution >= 0.6 is 11.8 Å². The van der Waals surface area contributed by atoms with E-state index in [0.717, 1.165) is 16.1 Å². The number of carbonyl (C=O) groups excluding carboxylic acids is 1. The first-order chi connectivity index (χ1) is 16.1. The second kappa shape index (κ2) is 10.5. The third kappa shape index (κ3) is 6.24. The first-order valence-electron chi connectivity index (χ1n) is 10.3. The van der Waals surface area contributed by atoms with Gasteiger partial charge in [0.1, 0.15) is 0 Å². The molecule has 3 aromatic carbocycles. The second-order valence-electron chi connectivity index (χ2n) is 7.24. The fourth-order valence-electron chi connectivity index (χ4n) is 3.28. The monoisotopic (exact) mass is 458 g/mol. The molecular weight excluding hydrogens is 436 g/mol. The maximum atomic E-state index is 12.8. The van der Waals surface area contributed by atoms with Gasteiger partial charge in [-0.1, -0.05) is 42.5 Å². The molecule has 0 aliphatic heterocycles. The summed E-state index contributed by atoms with van der Waals surface area (Å²) in [5.74, 6) is -0.513. The van der Waals surface area contributed by atoms with Crippen LogP contribution in [0, 0.1) is 0 Å². The first kappa shape index (κ1) is 22.2. The van der Waals surface area contributed by atoms with Crippen molar-refractivity contribution in [3.8, 4) is 0 Å². The summed E-state index contributed by atoms with van der Waals surface area (Å²) in [7, 11) is 0. The smallest absolute Gasteiger partial charge is 0.304 e. The lowest BCUT2D eigenvalue weighted by molar-refractivity contribution is -0.137. The summed E-state index contributed by atoms with van der Waals surface area (Å²) in [4.78, 5) is 32.2. The number of aromatic amines is 1. The Kier molecular flexibility index (Phi) is 7.06. The molecule has 0 aliphatic carbocycles. The normalized spacial score (nSPS) is 11.5. The van der Waals surface area contributed by atoms with E-state index in [1.807, 2.05) is 60.7 Å². The minimum atomic E-state index is -0.858. The summed E-state index contributed by atoms with van der Waals surface area (Å²) in [5.41, 5.74) is 2.82. The molecule has 0 bridgehead atoms. The summed E-state index contributed by atoms with van der Waals surface area (Å²) in [6, 6.07) is 24.1. The predicted molar refractivity (Wildman–Crippen MR) is 130 cm³/mol. The second-order valence-corrected chi connectivity index (χ2v) is 8.52. The van der Waals surface area contributed by atoms with Crippen molar-refractivity contribution in [1.82, 2.24) is 9.97 Å². The maximum Gasteiger partial charge on any atom is 0.304 e. The van der Waals surface area contributed by atoms with Crippen LogP contribution in [0.1, 0.15) is 27.6 Å². The fourth-order valence-corrected chi connectivity index (χ4v) is 4.48. The molecule has 1 heterocycles. The summed E-state index contributed by atoms with van der Waals surface area (Å²) in [5, 5.41) is 15.1. The van der Waals surface area contributed by atoms with Gasteiger partial charge in [-0.25, -0.2) is 4.98 Å². The van der Waals surface area contributed by atoms with Gasteiger partial charge in [0, 0.05) is 39.5 Å². The fraction of sp³-hybridized carbons (Fsp3) is 0.0800. The zero-order chi connectivity index (χ0) is 23.0. The van der Waals surface area contributed by atoms with E-state index in [0.29, 0.717) is 17.2 Å². The molecule has 4 N–H and O–H groups in total. The largest absolute Gasteiger partial charge is 0.481 e. The SMILES string of the molecule is O=C(O)CC(Sc1cccc(NC(=O)c2cccc(Nc3ncc[nH]3)c2)c1)c1ccccc1. The lowest BCUT2D eigenvalue weighted by atomic mass is 10.1. The van der Waals surface area contributed by atoms with Crippen LogP contribution in [0.5, 0.6) is 0 Å². The third-order valence-corrected chi connectivity index (χ3v) is 6.04. The zero-order valence-corrected chi connectivity index (χ0v) is 18.4. The molecule has 0 saturated carbocycles. The average molecular weight is 459 g/mol. The molecule has 8 heteroatoms. The van der Waals surface area contributed by atoms with E-state index in [1.165, 1.54) is 11.8 Å². The number of rotatable bonds is 9. The van der Waals surface area contributed by atoms with Gasteiger partial charge < -0.3 is 20.7 Å². The number of nitrogens with zero attached hydrogens (tertiary/aromatic N) is 1. The van der Waals surface area contributed by atoms with Crippen molar-refractivity contribution in [3.05, 3.63) is 102 Å². The Morgan fingerprint density at radius 3 is 2.52 bits per heavy atom. The minimum absolute atomic E-state index is 0.000722. The molecule has 0 radical (unpaired) electrons. The number of aromatic nitrogens is 2. The molecular formula is C25H22N4O3S. The maximum absolute atomic E-state index is 12.8. The van der Waals surface area contributed by atoms with Gasteiger partial charge in [0.05, 0.1) is 6.42 Å². The van der Waals surface area contributed by atoms with Crippen LogP contribution in [0.4, 0.5) is 17.3 Å². The number of thioether (sulfide) groups is 1. The number of imidazole rings is 1. The highest BCUT2D eigenvalue weighted by Gasteiger charge is 2.17. The molecule has 0 saturated heterocycles. The van der Waals surface area contributed by atoms with E-state index in [2.05, 4.69) is 20.6 Å². The van der Waals surface area contributed by atoms with Crippen molar-refractivity contribution in [3.63, 3.8) is 0 Å². The predicted octanol–water partition coefficient (Wildman–Crippen LogP) is 5.71. The van der Waals surface area contributed by atoms with E-state index in [9.17, 15) is 14.7 Å². The summed E-state index contributed by atoms with van der Waals surface area (Å²) < 4.78 is 0. The van der Waals surface area contributed by atoms with Crippen LogP contribution in [0.2, 0.25) is 0 Å². The number of H-pyrrole nitrogens is 1. The van der Waals surface area contributed by atoms with Crippen LogP contribution in [0.15, 0.2) is 96.2 Å². The molecule has 0 fully saturated rings. The Morgan fingerprint density at radius 2 is 1.76 bits per heavy atom. The van der Waals surface area contributed by atoms with Gasteiger partial charge in [0.15, 0.2) is 0 Å². The Balaban J connectivity index is 1.46. The number of amides is 1. The highest BCUT2D eigenvalue weighted by molar-refractivity contribution is 7.99. The minimum Gasteiger partial charge on any atom is -0.481 e. The Morgan fingerprint density at radius 1 is 0.970 bits per heavy atom. The molecule has 7 nitrogen and oxygen atoms in total. The molecule has 4 aromatic rings. The van der Waals surface area contributed by atoms with Gasteiger partial charge in [-0.15, -0.1) is 11.8 Å². The number of aliphatic carboxylic acids is 1. The summed E-state index contributed by atoms with van der Waals surface area (Å²) >= 11 is 1.46. The molecule has 166 valence electrons. The zero-order valence-electron chi connectivity index (χ0n) is 17.6. The van der Waals surface area contributed by atoms with E-state index >= 15 is 0 Å². The van der Waals surface area contributed by atoms with Crippen molar-refractivity contribution in [1.29, 1.82) is 0 Å². The molecule has 1 aromatic heterocycles. The number of hydrogen-bond donors (Lipinski definition) is 4. The van der Waals surface area contributed by atoms with Gasteiger partial charge in [0.2, 0.25) is 5.95 Å². The molecule has 0 spiro atoms. The average Bonchev–Trinajstić information content (AvgIpc) is 3.32. The number of nitrogens with one attached hydrogen (secondary N) is 3. The molecule has 4 rings (SSSR count). The van der Waals surface area contributed by atoms with Gasteiger partial charge in [0.25, 0.3) is 5.91 Å². The number of carbonyl (C=O) groups is 2. The summed E-state index contributed by atoms with van der Waals surface area (Å²) in [6.07, 6.45) is 3.35. The van der Waals surface area contributed by atoms with Crippen molar-refractivity contribution >= 4 is 41.0 Å². The highest BCUT2D eigenvalue weighted by Crippen LogP contribution is 2.38. The van der Waals surface area contributed by atoms with Crippen molar-refractivity contribution in [2.24, 2.45) is 0 Å². The van der Waals surface area contributed by atoms with Gasteiger partial charge in [-0.2, -0.15) is 0 Å². The Hall–Kier alpha value is -4.04. The topological polar surface area (TPSA) is 107 Å². The van der Waals surface area contributed by atoms with Gasteiger partial charge in [-0.3, -0.25) is 9.59 Å². The lowest BCUT2D eigenvalue weighted by Crippen LogP contribution is -2.12. The Labute approximate surface area is 195 Å². The first-order valence-corrected chi connectivity index (χ1v) is 11.2. The number of carboxylic acid groups (broad SMARTS) is 1. The lowest BCUT2D eigenvalue weighted by Gasteiger charge is -2.16. The Bertz CT molecular complexity index is 1230. The summed E-state index contributed by atoms with van der Waals surface area (Å²) in [6.45, 7) is 0. The van der Waals surface area contributed by atoms with Crippen LogP contribution in [-0.2, 0) is 4.79 Å². The van der Waals surface area contributed by atoms with Crippen LogP contribution in [0.3, 0.4) is 0 Å². The number of carboxylic acids is 1. The highest BCUT2D eigenvalue weighted by atomic mass is 32.2. The van der Waals surface area contributed by atoms with E-state index in [4.69, 9.17) is 0 Å². The molecule has 1 amide bonds. The van der Waals surface area contributed by atoms with E-state index in [-0.39, 0.29) is 17.6 Å². The molecule has 1 unspecified atom stereocenters. The van der Waals surface area contributed by atoms with Crippen LogP contribution < -0.4 is 10.6 Å². The quantitative estimate of drug-likeness (QED) is 0.239. The van der Waals surface area contributed by atoms with Crippen molar-refractivity contribution in [2.75, 3.05) is 10.6 Å². The van der Waals surface area contributed by atoms with Crippen molar-refractivity contribution in [2.45, 2.75) is 16.6 Å². The van der Waals surface area contributed by atoms with Crippen LogP contribution in [0.25, 0.3) is 0 Å². The molecule has 1 atom stereocenters. The van der Waals surface area contributed by atoms with Crippen molar-refractivity contribution < 1.29 is 14.7 Å². The number of anilines is 3. The van der Waals surface area contributed by atoms with E-state index < -0.39 is 5.97 Å². The third-order valence-electron chi connectivity index (χ3n) is 4.79. The number of hydrogen-bond acceptors (Lipinski definition) is 5. The van der Waals surface area contributed by atoms with Gasteiger partial charge >= 0.3 is 5.97 Å². The van der Waals surface area contributed by atoms with Crippen LogP contribution in [-0.4, -0.2) is 27.0 Å². The molecule has 0 aliphatic rings.